The minimum atomic E-state index is 1.06. The van der Waals surface area contributed by atoms with Crippen LogP contribution in [0, 0.1) is 0 Å². The number of hydrogen-bond donors (Lipinski definition) is 0. The SMILES string of the molecule is C=Cc1ccc(CN2CCN(CC)C2)cc1. The summed E-state index contributed by atoms with van der Waals surface area (Å²) in [4.78, 5) is 4.96. The van der Waals surface area contributed by atoms with E-state index < -0.39 is 0 Å². The van der Waals surface area contributed by atoms with Crippen molar-refractivity contribution in [2.75, 3.05) is 26.3 Å². The molecular weight excluding hydrogens is 196 g/mol. The highest BCUT2D eigenvalue weighted by atomic mass is 15.4. The van der Waals surface area contributed by atoms with Crippen LogP contribution in [0.2, 0.25) is 0 Å². The van der Waals surface area contributed by atoms with E-state index in [0.717, 1.165) is 19.8 Å². The molecule has 0 bridgehead atoms. The highest BCUT2D eigenvalue weighted by molar-refractivity contribution is 5.47. The first-order valence-electron chi connectivity index (χ1n) is 5.98. The van der Waals surface area contributed by atoms with E-state index in [0.29, 0.717) is 0 Å². The van der Waals surface area contributed by atoms with Crippen molar-refractivity contribution in [2.24, 2.45) is 0 Å². The molecular formula is C14H20N2. The fraction of sp³-hybridized carbons (Fsp3) is 0.429. The molecule has 1 fully saturated rings. The van der Waals surface area contributed by atoms with Crippen molar-refractivity contribution in [1.82, 2.24) is 9.80 Å². The topological polar surface area (TPSA) is 6.48 Å². The zero-order chi connectivity index (χ0) is 11.4. The van der Waals surface area contributed by atoms with Crippen molar-refractivity contribution in [2.45, 2.75) is 13.5 Å². The van der Waals surface area contributed by atoms with Crippen molar-refractivity contribution in [3.63, 3.8) is 0 Å². The third-order valence-electron chi connectivity index (χ3n) is 3.20. The third kappa shape index (κ3) is 2.71. The molecule has 0 atom stereocenters. The fourth-order valence-electron chi connectivity index (χ4n) is 2.11. The Hall–Kier alpha value is -1.12. The lowest BCUT2D eigenvalue weighted by atomic mass is 10.1. The van der Waals surface area contributed by atoms with Crippen LogP contribution in [0.25, 0.3) is 6.08 Å². The first-order valence-corrected chi connectivity index (χ1v) is 5.98. The maximum atomic E-state index is 3.77. The molecule has 0 aromatic heterocycles. The summed E-state index contributed by atoms with van der Waals surface area (Å²) >= 11 is 0. The second-order valence-electron chi connectivity index (χ2n) is 4.35. The van der Waals surface area contributed by atoms with Crippen molar-refractivity contribution in [3.8, 4) is 0 Å². The first-order chi connectivity index (χ1) is 7.81. The van der Waals surface area contributed by atoms with Gasteiger partial charge in [-0.05, 0) is 17.7 Å². The van der Waals surface area contributed by atoms with Crippen LogP contribution >= 0.6 is 0 Å². The molecule has 0 spiro atoms. The number of likely N-dealkylation sites (N-methyl/N-ethyl adjacent to an activating group) is 1. The van der Waals surface area contributed by atoms with Crippen molar-refractivity contribution >= 4 is 6.08 Å². The van der Waals surface area contributed by atoms with Gasteiger partial charge in [-0.1, -0.05) is 43.8 Å². The third-order valence-corrected chi connectivity index (χ3v) is 3.20. The van der Waals surface area contributed by atoms with Crippen LogP contribution in [-0.4, -0.2) is 36.1 Å². The van der Waals surface area contributed by atoms with Gasteiger partial charge in [0.25, 0.3) is 0 Å². The fourth-order valence-corrected chi connectivity index (χ4v) is 2.11. The Morgan fingerprint density at radius 2 is 1.88 bits per heavy atom. The van der Waals surface area contributed by atoms with Crippen LogP contribution < -0.4 is 0 Å². The summed E-state index contributed by atoms with van der Waals surface area (Å²) in [7, 11) is 0. The van der Waals surface area contributed by atoms with Crippen LogP contribution in [0.3, 0.4) is 0 Å². The highest BCUT2D eigenvalue weighted by Gasteiger charge is 2.17. The molecule has 2 nitrogen and oxygen atoms in total. The van der Waals surface area contributed by atoms with Gasteiger partial charge in [0.15, 0.2) is 0 Å². The molecule has 1 heterocycles. The van der Waals surface area contributed by atoms with E-state index in [4.69, 9.17) is 0 Å². The first kappa shape index (κ1) is 11.4. The summed E-state index contributed by atoms with van der Waals surface area (Å²) < 4.78 is 0. The second-order valence-corrected chi connectivity index (χ2v) is 4.35. The number of benzene rings is 1. The predicted octanol–water partition coefficient (Wildman–Crippen LogP) is 2.42. The van der Waals surface area contributed by atoms with Gasteiger partial charge in [0.05, 0.1) is 6.67 Å². The van der Waals surface area contributed by atoms with E-state index in [2.05, 4.69) is 47.6 Å². The molecule has 1 saturated heterocycles. The number of rotatable bonds is 4. The molecule has 16 heavy (non-hydrogen) atoms. The van der Waals surface area contributed by atoms with Crippen molar-refractivity contribution in [3.05, 3.63) is 42.0 Å². The van der Waals surface area contributed by atoms with Gasteiger partial charge in [-0.25, -0.2) is 0 Å². The lowest BCUT2D eigenvalue weighted by Gasteiger charge is -2.16. The van der Waals surface area contributed by atoms with Crippen molar-refractivity contribution < 1.29 is 0 Å². The molecule has 2 heteroatoms. The summed E-state index contributed by atoms with van der Waals surface area (Å²) in [6, 6.07) is 8.67. The normalized spacial score (nSPS) is 17.8. The average molecular weight is 216 g/mol. The zero-order valence-corrected chi connectivity index (χ0v) is 10.0. The monoisotopic (exact) mass is 216 g/mol. The summed E-state index contributed by atoms with van der Waals surface area (Å²) in [5, 5.41) is 0. The quantitative estimate of drug-likeness (QED) is 0.762. The minimum absolute atomic E-state index is 1.06. The van der Waals surface area contributed by atoms with E-state index in [1.807, 2.05) is 6.08 Å². The molecule has 2 rings (SSSR count). The van der Waals surface area contributed by atoms with Crippen LogP contribution in [0.4, 0.5) is 0 Å². The Balaban J connectivity index is 1.91. The van der Waals surface area contributed by atoms with E-state index in [1.165, 1.54) is 24.2 Å². The smallest absolute Gasteiger partial charge is 0.0510 e. The van der Waals surface area contributed by atoms with Gasteiger partial charge in [0.1, 0.15) is 0 Å². The molecule has 1 aliphatic heterocycles. The van der Waals surface area contributed by atoms with Crippen LogP contribution in [0.1, 0.15) is 18.1 Å². The van der Waals surface area contributed by atoms with Crippen molar-refractivity contribution in [1.29, 1.82) is 0 Å². The highest BCUT2D eigenvalue weighted by Crippen LogP contribution is 2.11. The maximum absolute atomic E-state index is 3.77. The standard InChI is InChI=1S/C14H20N2/c1-3-13-5-7-14(8-6-13)11-16-10-9-15(4-2)12-16/h3,5-8H,1,4,9-12H2,2H3. The minimum Gasteiger partial charge on any atom is -0.289 e. The molecule has 1 aliphatic rings. The van der Waals surface area contributed by atoms with Gasteiger partial charge in [-0.3, -0.25) is 9.80 Å². The summed E-state index contributed by atoms with van der Waals surface area (Å²) in [5.74, 6) is 0. The van der Waals surface area contributed by atoms with Crippen LogP contribution in [0.5, 0.6) is 0 Å². The largest absolute Gasteiger partial charge is 0.289 e. The molecule has 0 unspecified atom stereocenters. The van der Waals surface area contributed by atoms with E-state index in [9.17, 15) is 0 Å². The van der Waals surface area contributed by atoms with Crippen LogP contribution in [0.15, 0.2) is 30.8 Å². The van der Waals surface area contributed by atoms with Gasteiger partial charge in [-0.15, -0.1) is 0 Å². The zero-order valence-electron chi connectivity index (χ0n) is 10.0. The van der Waals surface area contributed by atoms with E-state index in [1.54, 1.807) is 0 Å². The molecule has 1 aromatic carbocycles. The summed E-state index contributed by atoms with van der Waals surface area (Å²) in [6.45, 7) is 11.7. The maximum Gasteiger partial charge on any atom is 0.0510 e. The molecule has 0 amide bonds. The molecule has 0 radical (unpaired) electrons. The Morgan fingerprint density at radius 3 is 2.44 bits per heavy atom. The molecule has 0 saturated carbocycles. The number of hydrogen-bond acceptors (Lipinski definition) is 2. The predicted molar refractivity (Wildman–Crippen MR) is 69.1 cm³/mol. The lowest BCUT2D eigenvalue weighted by molar-refractivity contribution is 0.248. The van der Waals surface area contributed by atoms with E-state index in [-0.39, 0.29) is 0 Å². The van der Waals surface area contributed by atoms with Gasteiger partial charge >= 0.3 is 0 Å². The van der Waals surface area contributed by atoms with Gasteiger partial charge in [0, 0.05) is 19.6 Å². The second kappa shape index (κ2) is 5.28. The van der Waals surface area contributed by atoms with Gasteiger partial charge in [0.2, 0.25) is 0 Å². The Morgan fingerprint density at radius 1 is 1.19 bits per heavy atom. The average Bonchev–Trinajstić information content (AvgIpc) is 2.78. The van der Waals surface area contributed by atoms with E-state index >= 15 is 0 Å². The Labute approximate surface area is 98.2 Å². The van der Waals surface area contributed by atoms with Gasteiger partial charge in [-0.2, -0.15) is 0 Å². The summed E-state index contributed by atoms with van der Waals surface area (Å²) in [6.07, 6.45) is 1.89. The molecule has 0 N–H and O–H groups in total. The molecule has 86 valence electrons. The Kier molecular flexibility index (Phi) is 3.75. The number of nitrogens with zero attached hydrogens (tertiary/aromatic N) is 2. The van der Waals surface area contributed by atoms with Gasteiger partial charge < -0.3 is 0 Å². The lowest BCUT2D eigenvalue weighted by Crippen LogP contribution is -2.24. The summed E-state index contributed by atoms with van der Waals surface area (Å²) in [5.41, 5.74) is 2.59. The Bertz CT molecular complexity index is 342. The molecule has 0 aliphatic carbocycles. The van der Waals surface area contributed by atoms with Crippen LogP contribution in [-0.2, 0) is 6.54 Å². The molecule has 1 aromatic rings.